The van der Waals surface area contributed by atoms with Gasteiger partial charge in [-0.25, -0.2) is 9.59 Å². The number of ether oxygens (including phenoxy) is 3. The van der Waals surface area contributed by atoms with E-state index >= 15 is 0 Å². The van der Waals surface area contributed by atoms with Crippen LogP contribution in [0.1, 0.15) is 44.7 Å². The highest BCUT2D eigenvalue weighted by Gasteiger charge is 2.35. The van der Waals surface area contributed by atoms with E-state index in [9.17, 15) is 9.59 Å². The van der Waals surface area contributed by atoms with Gasteiger partial charge in [-0.3, -0.25) is 4.90 Å². The van der Waals surface area contributed by atoms with Gasteiger partial charge in [-0.15, -0.1) is 0 Å². The maximum absolute atomic E-state index is 12.9. The summed E-state index contributed by atoms with van der Waals surface area (Å²) in [5, 5.41) is 5.71. The highest BCUT2D eigenvalue weighted by molar-refractivity contribution is 5.95. The fraction of sp³-hybridized carbons (Fsp3) is 0.545. The molecule has 0 aliphatic carbocycles. The lowest BCUT2D eigenvalue weighted by Crippen LogP contribution is -2.49. The van der Waals surface area contributed by atoms with E-state index < -0.39 is 12.0 Å². The molecule has 1 aromatic carbocycles. The molecule has 2 N–H and O–H groups in total. The number of hydrogen-bond acceptors (Lipinski definition) is 6. The van der Waals surface area contributed by atoms with Crippen molar-refractivity contribution in [2.75, 3.05) is 40.0 Å². The number of methoxy groups -OCH3 is 1. The Labute approximate surface area is 177 Å². The second-order valence-electron chi connectivity index (χ2n) is 7.32. The van der Waals surface area contributed by atoms with Gasteiger partial charge < -0.3 is 24.8 Å². The summed E-state index contributed by atoms with van der Waals surface area (Å²) in [4.78, 5) is 27.6. The zero-order valence-corrected chi connectivity index (χ0v) is 18.0. The molecule has 1 aromatic rings. The van der Waals surface area contributed by atoms with Gasteiger partial charge in [0.1, 0.15) is 0 Å². The van der Waals surface area contributed by atoms with Crippen LogP contribution in [0, 0.1) is 0 Å². The number of piperidine rings is 1. The second kappa shape index (κ2) is 10.3. The lowest BCUT2D eigenvalue weighted by molar-refractivity contribution is -0.139. The van der Waals surface area contributed by atoms with Crippen LogP contribution in [-0.2, 0) is 9.53 Å². The SMILES string of the molecule is CCOC(=O)C1=C(CN2CCCCC2)NC(=O)N[C@H]1c1ccc(OCC)c(OC)c1. The lowest BCUT2D eigenvalue weighted by atomic mass is 9.94. The average Bonchev–Trinajstić information content (AvgIpc) is 2.74. The Morgan fingerprint density at radius 1 is 1.13 bits per heavy atom. The normalized spacial score (nSPS) is 19.7. The molecule has 2 amide bonds. The predicted molar refractivity (Wildman–Crippen MR) is 113 cm³/mol. The lowest BCUT2D eigenvalue weighted by Gasteiger charge is -2.33. The number of carbonyl (C=O) groups is 2. The number of benzene rings is 1. The third-order valence-electron chi connectivity index (χ3n) is 5.30. The van der Waals surface area contributed by atoms with Crippen LogP contribution >= 0.6 is 0 Å². The Balaban J connectivity index is 2.00. The molecule has 8 heteroatoms. The summed E-state index contributed by atoms with van der Waals surface area (Å²) < 4.78 is 16.4. The smallest absolute Gasteiger partial charge is 0.338 e. The van der Waals surface area contributed by atoms with Gasteiger partial charge in [0.15, 0.2) is 11.5 Å². The fourth-order valence-corrected chi connectivity index (χ4v) is 3.92. The average molecular weight is 418 g/mol. The first-order valence-corrected chi connectivity index (χ1v) is 10.6. The predicted octanol–water partition coefficient (Wildman–Crippen LogP) is 2.75. The summed E-state index contributed by atoms with van der Waals surface area (Å²) >= 11 is 0. The zero-order chi connectivity index (χ0) is 21.5. The number of nitrogens with one attached hydrogen (secondary N) is 2. The molecule has 2 heterocycles. The monoisotopic (exact) mass is 417 g/mol. The summed E-state index contributed by atoms with van der Waals surface area (Å²) in [6.07, 6.45) is 3.45. The third-order valence-corrected chi connectivity index (χ3v) is 5.30. The number of rotatable bonds is 8. The van der Waals surface area contributed by atoms with E-state index in [2.05, 4.69) is 15.5 Å². The minimum atomic E-state index is -0.637. The molecule has 0 aromatic heterocycles. The first kappa shape index (κ1) is 22.0. The molecular weight excluding hydrogens is 386 g/mol. The van der Waals surface area contributed by atoms with Crippen molar-refractivity contribution in [2.24, 2.45) is 0 Å². The van der Waals surface area contributed by atoms with Crippen LogP contribution in [-0.4, -0.2) is 56.9 Å². The summed E-state index contributed by atoms with van der Waals surface area (Å²) in [5.74, 6) is 0.719. The quantitative estimate of drug-likeness (QED) is 0.633. The summed E-state index contributed by atoms with van der Waals surface area (Å²) in [6.45, 7) is 6.84. The number of hydrogen-bond donors (Lipinski definition) is 2. The molecule has 8 nitrogen and oxygen atoms in total. The molecule has 1 atom stereocenters. The molecule has 3 rings (SSSR count). The van der Waals surface area contributed by atoms with Crippen LogP contribution in [0.25, 0.3) is 0 Å². The largest absolute Gasteiger partial charge is 0.493 e. The van der Waals surface area contributed by atoms with Crippen molar-refractivity contribution >= 4 is 12.0 Å². The van der Waals surface area contributed by atoms with Crippen molar-refractivity contribution < 1.29 is 23.8 Å². The van der Waals surface area contributed by atoms with Gasteiger partial charge in [-0.2, -0.15) is 0 Å². The van der Waals surface area contributed by atoms with Crippen molar-refractivity contribution in [3.63, 3.8) is 0 Å². The fourth-order valence-electron chi connectivity index (χ4n) is 3.92. The maximum atomic E-state index is 12.9. The first-order valence-electron chi connectivity index (χ1n) is 10.6. The van der Waals surface area contributed by atoms with Crippen molar-refractivity contribution in [3.05, 3.63) is 35.0 Å². The second-order valence-corrected chi connectivity index (χ2v) is 7.32. The molecule has 164 valence electrons. The Morgan fingerprint density at radius 3 is 2.57 bits per heavy atom. The van der Waals surface area contributed by atoms with Crippen LogP contribution in [0.15, 0.2) is 29.5 Å². The van der Waals surface area contributed by atoms with Gasteiger partial charge in [-0.05, 0) is 57.5 Å². The molecule has 2 aliphatic rings. The van der Waals surface area contributed by atoms with Crippen molar-refractivity contribution in [2.45, 2.75) is 39.2 Å². The van der Waals surface area contributed by atoms with Gasteiger partial charge >= 0.3 is 12.0 Å². The third kappa shape index (κ3) is 5.05. The highest BCUT2D eigenvalue weighted by atomic mass is 16.5. The van der Waals surface area contributed by atoms with Gasteiger partial charge in [-0.1, -0.05) is 12.5 Å². The molecule has 0 bridgehead atoms. The Hall–Kier alpha value is -2.74. The Morgan fingerprint density at radius 2 is 1.90 bits per heavy atom. The van der Waals surface area contributed by atoms with Crippen LogP contribution in [0.4, 0.5) is 4.79 Å². The standard InChI is InChI=1S/C22H31N3O5/c1-4-29-17-10-9-15(13-18(17)28-3)20-19(21(26)30-5-2)16(23-22(27)24-20)14-25-11-7-6-8-12-25/h9-10,13,20H,4-8,11-12,14H2,1-3H3,(H2,23,24,27)/t20-/m0/s1. The topological polar surface area (TPSA) is 89.1 Å². The van der Waals surface area contributed by atoms with Crippen LogP contribution in [0.3, 0.4) is 0 Å². The van der Waals surface area contributed by atoms with Gasteiger partial charge in [0.25, 0.3) is 0 Å². The highest BCUT2D eigenvalue weighted by Crippen LogP contribution is 2.35. The van der Waals surface area contributed by atoms with Gasteiger partial charge in [0, 0.05) is 12.2 Å². The van der Waals surface area contributed by atoms with E-state index in [0.717, 1.165) is 31.5 Å². The van der Waals surface area contributed by atoms with Crippen LogP contribution < -0.4 is 20.1 Å². The number of nitrogens with zero attached hydrogens (tertiary/aromatic N) is 1. The van der Waals surface area contributed by atoms with Gasteiger partial charge in [0.05, 0.1) is 31.9 Å². The molecule has 0 spiro atoms. The van der Waals surface area contributed by atoms with Crippen molar-refractivity contribution in [3.8, 4) is 11.5 Å². The van der Waals surface area contributed by atoms with Crippen LogP contribution in [0.5, 0.6) is 11.5 Å². The van der Waals surface area contributed by atoms with E-state index in [1.807, 2.05) is 13.0 Å². The molecule has 2 aliphatic heterocycles. The minimum absolute atomic E-state index is 0.257. The van der Waals surface area contributed by atoms with E-state index in [1.54, 1.807) is 26.2 Å². The zero-order valence-electron chi connectivity index (χ0n) is 18.0. The first-order chi connectivity index (χ1) is 14.6. The maximum Gasteiger partial charge on any atom is 0.338 e. The molecule has 0 radical (unpaired) electrons. The number of esters is 1. The minimum Gasteiger partial charge on any atom is -0.493 e. The molecule has 1 fully saturated rings. The number of likely N-dealkylation sites (tertiary alicyclic amines) is 1. The van der Waals surface area contributed by atoms with Gasteiger partial charge in [0.2, 0.25) is 0 Å². The summed E-state index contributed by atoms with van der Waals surface area (Å²) in [7, 11) is 1.56. The van der Waals surface area contributed by atoms with E-state index in [1.165, 1.54) is 6.42 Å². The summed E-state index contributed by atoms with van der Waals surface area (Å²) in [6, 6.07) is 4.44. The molecular formula is C22H31N3O5. The summed E-state index contributed by atoms with van der Waals surface area (Å²) in [5.41, 5.74) is 1.74. The number of amides is 2. The Kier molecular flexibility index (Phi) is 7.57. The van der Waals surface area contributed by atoms with Crippen molar-refractivity contribution in [1.29, 1.82) is 0 Å². The number of urea groups is 1. The van der Waals surface area contributed by atoms with Crippen LogP contribution in [0.2, 0.25) is 0 Å². The van der Waals surface area contributed by atoms with E-state index in [-0.39, 0.29) is 12.6 Å². The molecule has 30 heavy (non-hydrogen) atoms. The van der Waals surface area contributed by atoms with E-state index in [4.69, 9.17) is 14.2 Å². The molecule has 0 unspecified atom stereocenters. The van der Waals surface area contributed by atoms with Crippen molar-refractivity contribution in [1.82, 2.24) is 15.5 Å². The Bertz CT molecular complexity index is 802. The van der Waals surface area contributed by atoms with E-state index in [0.29, 0.717) is 35.9 Å². The molecule has 1 saturated heterocycles. The number of carbonyl (C=O) groups excluding carboxylic acids is 2. The molecule has 0 saturated carbocycles.